The maximum absolute atomic E-state index is 12.1. The normalized spacial score (nSPS) is 17.9. The highest BCUT2D eigenvalue weighted by atomic mass is 16.5. The predicted molar refractivity (Wildman–Crippen MR) is 78.1 cm³/mol. The second-order valence-corrected chi connectivity index (χ2v) is 5.07. The Balaban J connectivity index is 1.79. The van der Waals surface area contributed by atoms with E-state index in [-0.39, 0.29) is 30.8 Å². The number of ether oxygens (including phenoxy) is 2. The van der Waals surface area contributed by atoms with Crippen molar-refractivity contribution >= 4 is 11.9 Å². The summed E-state index contributed by atoms with van der Waals surface area (Å²) in [6.07, 6.45) is 5.04. The molecule has 7 nitrogen and oxygen atoms in total. The van der Waals surface area contributed by atoms with E-state index in [1.165, 1.54) is 6.33 Å². The molecule has 22 heavy (non-hydrogen) atoms. The van der Waals surface area contributed by atoms with Crippen LogP contribution in [0.3, 0.4) is 0 Å². The first-order chi connectivity index (χ1) is 10.7. The fraction of sp³-hybridized carbons (Fsp3) is 0.600. The number of hydrogen-bond acceptors (Lipinski definition) is 6. The molecule has 1 unspecified atom stereocenters. The Morgan fingerprint density at radius 3 is 3.00 bits per heavy atom. The standard InChI is InChI=1S/C15H21N3O4/c1-2-21-15(20)6-5-14(19)18-9-3-4-12(10-18)22-13-7-8-16-11-17-13/h7-8,11-12H,2-6,9-10H2,1H3. The fourth-order valence-corrected chi connectivity index (χ4v) is 2.38. The van der Waals surface area contributed by atoms with Gasteiger partial charge in [-0.05, 0) is 19.8 Å². The first kappa shape index (κ1) is 16.2. The van der Waals surface area contributed by atoms with E-state index in [0.29, 0.717) is 25.6 Å². The van der Waals surface area contributed by atoms with Crippen LogP contribution < -0.4 is 4.74 Å². The lowest BCUT2D eigenvalue weighted by Gasteiger charge is -2.32. The summed E-state index contributed by atoms with van der Waals surface area (Å²) in [6, 6.07) is 1.70. The van der Waals surface area contributed by atoms with Crippen LogP contribution in [0.5, 0.6) is 5.88 Å². The largest absolute Gasteiger partial charge is 0.472 e. The molecule has 1 aromatic rings. The van der Waals surface area contributed by atoms with Crippen LogP contribution in [0.2, 0.25) is 0 Å². The molecule has 1 aromatic heterocycles. The van der Waals surface area contributed by atoms with Crippen molar-refractivity contribution in [2.24, 2.45) is 0 Å². The van der Waals surface area contributed by atoms with Crippen molar-refractivity contribution in [1.82, 2.24) is 14.9 Å². The molecule has 1 saturated heterocycles. The van der Waals surface area contributed by atoms with Crippen molar-refractivity contribution in [3.8, 4) is 5.88 Å². The van der Waals surface area contributed by atoms with Gasteiger partial charge < -0.3 is 14.4 Å². The van der Waals surface area contributed by atoms with Gasteiger partial charge in [0.05, 0.1) is 19.6 Å². The number of aromatic nitrogens is 2. The highest BCUT2D eigenvalue weighted by Gasteiger charge is 2.25. The second-order valence-electron chi connectivity index (χ2n) is 5.07. The van der Waals surface area contributed by atoms with Gasteiger partial charge in [-0.3, -0.25) is 9.59 Å². The van der Waals surface area contributed by atoms with Gasteiger partial charge in [-0.15, -0.1) is 0 Å². The Morgan fingerprint density at radius 1 is 1.41 bits per heavy atom. The summed E-state index contributed by atoms with van der Waals surface area (Å²) < 4.78 is 10.6. The van der Waals surface area contributed by atoms with Crippen LogP contribution in [0.1, 0.15) is 32.6 Å². The van der Waals surface area contributed by atoms with Gasteiger partial charge in [0.2, 0.25) is 11.8 Å². The molecule has 0 aromatic carbocycles. The van der Waals surface area contributed by atoms with Gasteiger partial charge in [0, 0.05) is 25.2 Å². The van der Waals surface area contributed by atoms with Crippen LogP contribution in [0.4, 0.5) is 0 Å². The molecule has 7 heteroatoms. The number of esters is 1. The van der Waals surface area contributed by atoms with Crippen molar-refractivity contribution < 1.29 is 19.1 Å². The topological polar surface area (TPSA) is 81.6 Å². The molecule has 120 valence electrons. The van der Waals surface area contributed by atoms with Gasteiger partial charge in [0.15, 0.2) is 0 Å². The molecule has 0 spiro atoms. The molecule has 2 heterocycles. The third-order valence-electron chi connectivity index (χ3n) is 3.42. The van der Waals surface area contributed by atoms with Crippen molar-refractivity contribution in [3.63, 3.8) is 0 Å². The van der Waals surface area contributed by atoms with Crippen molar-refractivity contribution in [1.29, 1.82) is 0 Å². The molecule has 0 N–H and O–H groups in total. The zero-order valence-corrected chi connectivity index (χ0v) is 12.7. The van der Waals surface area contributed by atoms with Crippen LogP contribution >= 0.6 is 0 Å². The zero-order valence-electron chi connectivity index (χ0n) is 12.7. The van der Waals surface area contributed by atoms with Crippen LogP contribution in [0.25, 0.3) is 0 Å². The van der Waals surface area contributed by atoms with E-state index in [2.05, 4.69) is 9.97 Å². The zero-order chi connectivity index (χ0) is 15.8. The summed E-state index contributed by atoms with van der Waals surface area (Å²) >= 11 is 0. The summed E-state index contributed by atoms with van der Waals surface area (Å²) in [5.74, 6) is 0.145. The van der Waals surface area contributed by atoms with Gasteiger partial charge in [-0.25, -0.2) is 9.97 Å². The lowest BCUT2D eigenvalue weighted by molar-refractivity contribution is -0.146. The number of carbonyl (C=O) groups excluding carboxylic acids is 2. The van der Waals surface area contributed by atoms with Crippen molar-refractivity contribution in [2.45, 2.75) is 38.7 Å². The maximum Gasteiger partial charge on any atom is 0.306 e. The summed E-state index contributed by atoms with van der Waals surface area (Å²) in [4.78, 5) is 33.1. The molecule has 0 aliphatic carbocycles. The number of nitrogens with zero attached hydrogens (tertiary/aromatic N) is 3. The fourth-order valence-electron chi connectivity index (χ4n) is 2.38. The van der Waals surface area contributed by atoms with Gasteiger partial charge >= 0.3 is 5.97 Å². The van der Waals surface area contributed by atoms with Crippen LogP contribution in [0.15, 0.2) is 18.6 Å². The van der Waals surface area contributed by atoms with E-state index >= 15 is 0 Å². The van der Waals surface area contributed by atoms with Gasteiger partial charge in [-0.2, -0.15) is 0 Å². The molecule has 1 aliphatic heterocycles. The lowest BCUT2D eigenvalue weighted by atomic mass is 10.1. The van der Waals surface area contributed by atoms with Crippen molar-refractivity contribution in [2.75, 3.05) is 19.7 Å². The van der Waals surface area contributed by atoms with Crippen molar-refractivity contribution in [3.05, 3.63) is 18.6 Å². The predicted octanol–water partition coefficient (Wildman–Crippen LogP) is 1.19. The summed E-state index contributed by atoms with van der Waals surface area (Å²) in [6.45, 7) is 3.31. The Morgan fingerprint density at radius 2 is 2.27 bits per heavy atom. The summed E-state index contributed by atoms with van der Waals surface area (Å²) in [5.41, 5.74) is 0. The third kappa shape index (κ3) is 4.98. The Hall–Kier alpha value is -2.18. The van der Waals surface area contributed by atoms with Crippen LogP contribution in [0, 0.1) is 0 Å². The number of carbonyl (C=O) groups is 2. The number of amides is 1. The monoisotopic (exact) mass is 307 g/mol. The average Bonchev–Trinajstić information content (AvgIpc) is 2.54. The highest BCUT2D eigenvalue weighted by molar-refractivity contribution is 5.81. The number of hydrogen-bond donors (Lipinski definition) is 0. The second kappa shape index (κ2) is 8.31. The third-order valence-corrected chi connectivity index (χ3v) is 3.42. The Kier molecular flexibility index (Phi) is 6.12. The number of piperidine rings is 1. The van der Waals surface area contributed by atoms with E-state index in [0.717, 1.165) is 12.8 Å². The summed E-state index contributed by atoms with van der Waals surface area (Å²) in [5, 5.41) is 0. The molecule has 0 saturated carbocycles. The van der Waals surface area contributed by atoms with Crippen LogP contribution in [-0.4, -0.2) is 52.5 Å². The molecule has 0 radical (unpaired) electrons. The van der Waals surface area contributed by atoms with E-state index in [1.807, 2.05) is 0 Å². The molecule has 1 amide bonds. The first-order valence-corrected chi connectivity index (χ1v) is 7.55. The molecule has 1 aliphatic rings. The van der Waals surface area contributed by atoms with Gasteiger partial charge in [0.25, 0.3) is 0 Å². The molecule has 1 atom stereocenters. The summed E-state index contributed by atoms with van der Waals surface area (Å²) in [7, 11) is 0. The quantitative estimate of drug-likeness (QED) is 0.734. The minimum Gasteiger partial charge on any atom is -0.472 e. The number of rotatable bonds is 6. The lowest BCUT2D eigenvalue weighted by Crippen LogP contribution is -2.44. The Bertz CT molecular complexity index is 495. The molecular weight excluding hydrogens is 286 g/mol. The van der Waals surface area contributed by atoms with E-state index in [9.17, 15) is 9.59 Å². The SMILES string of the molecule is CCOC(=O)CCC(=O)N1CCCC(Oc2ccncn2)C1. The average molecular weight is 307 g/mol. The first-order valence-electron chi connectivity index (χ1n) is 7.55. The molecule has 0 bridgehead atoms. The Labute approximate surface area is 129 Å². The molecule has 2 rings (SSSR count). The number of likely N-dealkylation sites (tertiary alicyclic amines) is 1. The van der Waals surface area contributed by atoms with E-state index in [1.54, 1.807) is 24.1 Å². The van der Waals surface area contributed by atoms with Crippen LogP contribution in [-0.2, 0) is 14.3 Å². The maximum atomic E-state index is 12.1. The molecule has 1 fully saturated rings. The minimum absolute atomic E-state index is 0.0379. The minimum atomic E-state index is -0.332. The van der Waals surface area contributed by atoms with Gasteiger partial charge in [0.1, 0.15) is 12.4 Å². The molecular formula is C15H21N3O4. The van der Waals surface area contributed by atoms with Gasteiger partial charge in [-0.1, -0.05) is 0 Å². The smallest absolute Gasteiger partial charge is 0.306 e. The highest BCUT2D eigenvalue weighted by Crippen LogP contribution is 2.17. The van der Waals surface area contributed by atoms with E-state index in [4.69, 9.17) is 9.47 Å². The van der Waals surface area contributed by atoms with E-state index < -0.39 is 0 Å².